The lowest BCUT2D eigenvalue weighted by molar-refractivity contribution is 0.262. The minimum absolute atomic E-state index is 0.0965. The Morgan fingerprint density at radius 1 is 0.842 bits per heavy atom. The van der Waals surface area contributed by atoms with Crippen LogP contribution in [0.25, 0.3) is 0 Å². The largest absolute Gasteiger partial charge is 0.323 e. The van der Waals surface area contributed by atoms with Crippen molar-refractivity contribution in [1.82, 2.24) is 0 Å². The first-order chi connectivity index (χ1) is 18.3. The molecule has 1 heterocycles. The molecule has 2 N–H and O–H groups in total. The van der Waals surface area contributed by atoms with E-state index in [4.69, 9.17) is 16.7 Å². The lowest BCUT2D eigenvalue weighted by Gasteiger charge is -2.24. The van der Waals surface area contributed by atoms with Crippen molar-refractivity contribution in [2.24, 2.45) is 5.10 Å². The average molecular weight is 545 g/mol. The fourth-order valence-electron chi connectivity index (χ4n) is 4.27. The van der Waals surface area contributed by atoms with Gasteiger partial charge in [0.25, 0.3) is 0 Å². The van der Waals surface area contributed by atoms with Crippen molar-refractivity contribution >= 4 is 50.2 Å². The fraction of sp³-hybridized carbons (Fsp3) is 0.103. The van der Waals surface area contributed by atoms with E-state index in [0.717, 1.165) is 22.5 Å². The van der Waals surface area contributed by atoms with Crippen LogP contribution >= 0.6 is 11.6 Å². The topological polar surface area (TPSA) is 90.9 Å². The van der Waals surface area contributed by atoms with Crippen LogP contribution in [0.1, 0.15) is 23.6 Å². The molecule has 9 heteroatoms. The number of urea groups is 1. The summed E-state index contributed by atoms with van der Waals surface area (Å²) in [5, 5.41) is 13.1. The molecule has 0 saturated carbocycles. The number of carbonyl (C=O) groups is 1. The number of hydrazone groups is 1. The predicted molar refractivity (Wildman–Crippen MR) is 153 cm³/mol. The number of hydrogen-bond donors (Lipinski definition) is 2. The number of carbonyl (C=O) groups excluding carboxylic acids is 1. The third-order valence-corrected chi connectivity index (χ3v) is 7.58. The van der Waals surface area contributed by atoms with Gasteiger partial charge in [0.1, 0.15) is 0 Å². The molecular weight excluding hydrogens is 520 g/mol. The minimum Gasteiger partial charge on any atom is -0.308 e. The molecule has 192 valence electrons. The van der Waals surface area contributed by atoms with E-state index in [0.29, 0.717) is 22.8 Å². The second-order valence-corrected chi connectivity index (χ2v) is 11.4. The summed E-state index contributed by atoms with van der Waals surface area (Å²) in [7, 11) is -3.30. The molecule has 0 aromatic heterocycles. The highest BCUT2D eigenvalue weighted by Gasteiger charge is 2.30. The molecule has 5 rings (SSSR count). The van der Waals surface area contributed by atoms with Crippen LogP contribution < -0.4 is 15.6 Å². The predicted octanol–water partition coefficient (Wildman–Crippen LogP) is 6.74. The Labute approximate surface area is 226 Å². The van der Waals surface area contributed by atoms with Crippen molar-refractivity contribution < 1.29 is 13.2 Å². The number of halogens is 1. The van der Waals surface area contributed by atoms with E-state index in [9.17, 15) is 13.2 Å². The Morgan fingerprint density at radius 2 is 1.45 bits per heavy atom. The zero-order valence-electron chi connectivity index (χ0n) is 20.5. The summed E-state index contributed by atoms with van der Waals surface area (Å²) in [5.74, 6) is 0. The molecular formula is C29H25ClN4O3S. The Bertz CT molecular complexity index is 1570. The van der Waals surface area contributed by atoms with Crippen molar-refractivity contribution in [1.29, 1.82) is 0 Å². The number of nitrogens with one attached hydrogen (secondary N) is 2. The van der Waals surface area contributed by atoms with Gasteiger partial charge in [0.2, 0.25) is 0 Å². The zero-order chi connectivity index (χ0) is 26.7. The maximum atomic E-state index is 12.3. The highest BCUT2D eigenvalue weighted by atomic mass is 35.5. The van der Waals surface area contributed by atoms with Crippen molar-refractivity contribution in [3.63, 3.8) is 0 Å². The van der Waals surface area contributed by atoms with Gasteiger partial charge in [-0.05, 0) is 71.8 Å². The van der Waals surface area contributed by atoms with Crippen LogP contribution in [-0.4, -0.2) is 26.4 Å². The summed E-state index contributed by atoms with van der Waals surface area (Å²) in [6, 6.07) is 30.7. The molecule has 0 fully saturated rings. The first kappa shape index (κ1) is 25.5. The van der Waals surface area contributed by atoms with E-state index in [2.05, 4.69) is 10.6 Å². The van der Waals surface area contributed by atoms with Crippen molar-refractivity contribution in [3.8, 4) is 0 Å². The SMILES string of the molecule is CS(=O)(=O)c1ccc(N2N=C(c3ccc(NC(=O)Nc4ccccc4)cc3)CC2c2ccc(Cl)cc2)cc1. The van der Waals surface area contributed by atoms with E-state index in [1.54, 1.807) is 24.3 Å². The normalized spacial score (nSPS) is 15.2. The molecule has 0 spiro atoms. The first-order valence-electron chi connectivity index (χ1n) is 11.9. The van der Waals surface area contributed by atoms with Crippen LogP contribution in [0.15, 0.2) is 113 Å². The summed E-state index contributed by atoms with van der Waals surface area (Å²) < 4.78 is 23.8. The van der Waals surface area contributed by atoms with E-state index in [1.807, 2.05) is 83.9 Å². The van der Waals surface area contributed by atoms with Gasteiger partial charge in [0.05, 0.1) is 22.3 Å². The van der Waals surface area contributed by atoms with Gasteiger partial charge >= 0.3 is 6.03 Å². The van der Waals surface area contributed by atoms with Crippen molar-refractivity contribution in [3.05, 3.63) is 119 Å². The van der Waals surface area contributed by atoms with Gasteiger partial charge < -0.3 is 10.6 Å². The van der Waals surface area contributed by atoms with Gasteiger partial charge in [0.15, 0.2) is 9.84 Å². The third-order valence-electron chi connectivity index (χ3n) is 6.20. The van der Waals surface area contributed by atoms with E-state index in [-0.39, 0.29) is 17.0 Å². The molecule has 4 aromatic carbocycles. The standard InChI is InChI=1S/C29H25ClN4O3S/c1-38(36,37)26-17-15-25(16-18-26)34-28(21-7-11-22(30)12-8-21)19-27(33-34)20-9-13-24(14-10-20)32-29(35)31-23-5-3-2-4-6-23/h2-18,28H,19H2,1H3,(H2,31,32,35). The number of sulfone groups is 1. The molecule has 0 bridgehead atoms. The first-order valence-corrected chi connectivity index (χ1v) is 14.2. The molecule has 0 aliphatic carbocycles. The van der Waals surface area contributed by atoms with E-state index >= 15 is 0 Å². The second-order valence-electron chi connectivity index (χ2n) is 8.95. The minimum atomic E-state index is -3.30. The van der Waals surface area contributed by atoms with Crippen LogP contribution in [0, 0.1) is 0 Å². The number of rotatable bonds is 6. The van der Waals surface area contributed by atoms with Gasteiger partial charge in [-0.1, -0.05) is 54.1 Å². The quantitative estimate of drug-likeness (QED) is 0.281. The Morgan fingerprint density at radius 3 is 2.05 bits per heavy atom. The number of anilines is 3. The summed E-state index contributed by atoms with van der Waals surface area (Å²) in [4.78, 5) is 12.6. The van der Waals surface area contributed by atoms with Crippen molar-refractivity contribution in [2.45, 2.75) is 17.4 Å². The summed E-state index contributed by atoms with van der Waals surface area (Å²) in [6.45, 7) is 0. The van der Waals surface area contributed by atoms with Gasteiger partial charge in [-0.25, -0.2) is 13.2 Å². The molecule has 2 amide bonds. The number of nitrogens with zero attached hydrogens (tertiary/aromatic N) is 2. The Kier molecular flexibility index (Phi) is 7.18. The molecule has 0 saturated heterocycles. The smallest absolute Gasteiger partial charge is 0.308 e. The Balaban J connectivity index is 1.38. The molecule has 4 aromatic rings. The Hall–Kier alpha value is -4.14. The molecule has 1 aliphatic heterocycles. The van der Waals surface area contributed by atoms with Crippen LogP contribution in [0.2, 0.25) is 5.02 Å². The van der Waals surface area contributed by atoms with E-state index in [1.165, 1.54) is 6.26 Å². The maximum Gasteiger partial charge on any atom is 0.323 e. The monoisotopic (exact) mass is 544 g/mol. The van der Waals surface area contributed by atoms with Gasteiger partial charge in [-0.2, -0.15) is 5.10 Å². The van der Waals surface area contributed by atoms with E-state index < -0.39 is 9.84 Å². The average Bonchev–Trinajstić information content (AvgIpc) is 3.35. The van der Waals surface area contributed by atoms with Crippen LogP contribution in [0.4, 0.5) is 21.9 Å². The maximum absolute atomic E-state index is 12.3. The molecule has 1 unspecified atom stereocenters. The fourth-order valence-corrected chi connectivity index (χ4v) is 5.03. The highest BCUT2D eigenvalue weighted by molar-refractivity contribution is 7.90. The van der Waals surface area contributed by atoms with Crippen LogP contribution in [0.5, 0.6) is 0 Å². The molecule has 1 aliphatic rings. The van der Waals surface area contributed by atoms with Crippen LogP contribution in [0.3, 0.4) is 0 Å². The third kappa shape index (κ3) is 5.88. The number of benzene rings is 4. The van der Waals surface area contributed by atoms with Gasteiger partial charge in [0, 0.05) is 29.1 Å². The molecule has 7 nitrogen and oxygen atoms in total. The number of para-hydroxylation sites is 1. The number of hydrogen-bond acceptors (Lipinski definition) is 5. The summed E-state index contributed by atoms with van der Waals surface area (Å²) in [6.07, 6.45) is 1.82. The van der Waals surface area contributed by atoms with Crippen molar-refractivity contribution in [2.75, 3.05) is 21.9 Å². The molecule has 0 radical (unpaired) electrons. The highest BCUT2D eigenvalue weighted by Crippen LogP contribution is 2.37. The lowest BCUT2D eigenvalue weighted by atomic mass is 9.98. The molecule has 1 atom stereocenters. The zero-order valence-corrected chi connectivity index (χ0v) is 22.1. The molecule has 38 heavy (non-hydrogen) atoms. The van der Waals surface area contributed by atoms with Gasteiger partial charge in [-0.15, -0.1) is 0 Å². The second kappa shape index (κ2) is 10.7. The van der Waals surface area contributed by atoms with Gasteiger partial charge in [-0.3, -0.25) is 5.01 Å². The van der Waals surface area contributed by atoms with Crippen LogP contribution in [-0.2, 0) is 9.84 Å². The lowest BCUT2D eigenvalue weighted by Crippen LogP contribution is -2.19. The summed E-state index contributed by atoms with van der Waals surface area (Å²) in [5.41, 5.74) is 4.98. The number of amides is 2. The summed E-state index contributed by atoms with van der Waals surface area (Å²) >= 11 is 6.12.